The van der Waals surface area contributed by atoms with E-state index in [2.05, 4.69) is 16.2 Å². The van der Waals surface area contributed by atoms with Crippen LogP contribution < -0.4 is 25.6 Å². The molecule has 8 nitrogen and oxygen atoms in total. The van der Waals surface area contributed by atoms with Crippen LogP contribution in [0.2, 0.25) is 0 Å². The lowest BCUT2D eigenvalue weighted by atomic mass is 10.1. The highest BCUT2D eigenvalue weighted by Gasteiger charge is 2.17. The highest BCUT2D eigenvalue weighted by molar-refractivity contribution is 5.93. The van der Waals surface area contributed by atoms with E-state index in [0.717, 1.165) is 11.1 Å². The van der Waals surface area contributed by atoms with E-state index in [9.17, 15) is 14.4 Å². The number of carbonyl (C=O) groups is 3. The zero-order valence-electron chi connectivity index (χ0n) is 18.3. The Morgan fingerprint density at radius 1 is 0.903 bits per heavy atom. The van der Waals surface area contributed by atoms with Gasteiger partial charge in [-0.05, 0) is 63.1 Å². The maximum Gasteiger partial charge on any atom is 0.279 e. The molecule has 2 aromatic carbocycles. The van der Waals surface area contributed by atoms with Crippen molar-refractivity contribution in [3.8, 4) is 11.5 Å². The molecule has 0 saturated carbocycles. The summed E-state index contributed by atoms with van der Waals surface area (Å²) in [7, 11) is 0. The minimum atomic E-state index is -0.803. The van der Waals surface area contributed by atoms with Crippen molar-refractivity contribution in [2.24, 2.45) is 0 Å². The molecule has 3 amide bonds. The summed E-state index contributed by atoms with van der Waals surface area (Å²) in [5, 5.41) is 2.71. The largest absolute Gasteiger partial charge is 0.494 e. The molecule has 0 spiro atoms. The second kappa shape index (κ2) is 11.6. The van der Waals surface area contributed by atoms with Gasteiger partial charge in [-0.15, -0.1) is 0 Å². The molecule has 8 heteroatoms. The molecule has 0 aliphatic heterocycles. The third-order valence-electron chi connectivity index (χ3n) is 4.43. The summed E-state index contributed by atoms with van der Waals surface area (Å²) in [6.07, 6.45) is -0.901. The maximum absolute atomic E-state index is 12.2. The fourth-order valence-corrected chi connectivity index (χ4v) is 2.76. The number of benzene rings is 2. The van der Waals surface area contributed by atoms with Crippen molar-refractivity contribution in [3.63, 3.8) is 0 Å². The Morgan fingerprint density at radius 2 is 1.52 bits per heavy atom. The molecule has 3 N–H and O–H groups in total. The molecule has 2 rings (SSSR count). The van der Waals surface area contributed by atoms with Gasteiger partial charge in [0.1, 0.15) is 11.5 Å². The van der Waals surface area contributed by atoms with Gasteiger partial charge >= 0.3 is 0 Å². The normalized spacial score (nSPS) is 11.2. The van der Waals surface area contributed by atoms with E-state index in [1.807, 2.05) is 39.0 Å². The van der Waals surface area contributed by atoms with E-state index < -0.39 is 17.9 Å². The van der Waals surface area contributed by atoms with Gasteiger partial charge in [0.2, 0.25) is 11.8 Å². The molecule has 0 heterocycles. The summed E-state index contributed by atoms with van der Waals surface area (Å²) in [6, 6.07) is 12.7. The van der Waals surface area contributed by atoms with Crippen molar-refractivity contribution >= 4 is 23.4 Å². The standard InChI is InChI=1S/C23H29N3O5/c1-5-30-19-11-9-18(10-12-19)24-20(27)13-14-21(28)25-26-23(29)17(4)31-22-15(2)7-6-8-16(22)3/h6-12,17H,5,13-14H2,1-4H3,(H,24,27)(H,25,28)(H,26,29)/t17-/m0/s1. The lowest BCUT2D eigenvalue weighted by Gasteiger charge is -2.18. The number of hydrogen-bond donors (Lipinski definition) is 3. The molecule has 0 saturated heterocycles. The van der Waals surface area contributed by atoms with E-state index >= 15 is 0 Å². The van der Waals surface area contributed by atoms with Crippen LogP contribution in [0.1, 0.15) is 37.8 Å². The van der Waals surface area contributed by atoms with E-state index in [4.69, 9.17) is 9.47 Å². The molecular weight excluding hydrogens is 398 g/mol. The van der Waals surface area contributed by atoms with E-state index in [0.29, 0.717) is 23.8 Å². The first kappa shape index (κ1) is 23.7. The number of para-hydroxylation sites is 1. The number of nitrogens with one attached hydrogen (secondary N) is 3. The summed E-state index contributed by atoms with van der Waals surface area (Å²) in [5.74, 6) is 0.0792. The highest BCUT2D eigenvalue weighted by atomic mass is 16.5. The second-order valence-electron chi connectivity index (χ2n) is 7.02. The molecular formula is C23H29N3O5. The molecule has 0 radical (unpaired) electrons. The summed E-state index contributed by atoms with van der Waals surface area (Å²) in [6.45, 7) is 7.84. The number of hydrogen-bond acceptors (Lipinski definition) is 5. The lowest BCUT2D eigenvalue weighted by Crippen LogP contribution is -2.47. The first-order valence-electron chi connectivity index (χ1n) is 10.1. The van der Waals surface area contributed by atoms with Crippen LogP contribution in [0, 0.1) is 13.8 Å². The Kier molecular flexibility index (Phi) is 8.87. The number of anilines is 1. The Bertz CT molecular complexity index is 892. The molecule has 0 unspecified atom stereocenters. The van der Waals surface area contributed by atoms with Crippen LogP contribution in [-0.2, 0) is 14.4 Å². The Morgan fingerprint density at radius 3 is 2.13 bits per heavy atom. The van der Waals surface area contributed by atoms with Crippen molar-refractivity contribution in [2.45, 2.75) is 46.6 Å². The number of carbonyl (C=O) groups excluding carboxylic acids is 3. The van der Waals surface area contributed by atoms with Crippen LogP contribution in [0.5, 0.6) is 11.5 Å². The zero-order valence-corrected chi connectivity index (χ0v) is 18.3. The quantitative estimate of drug-likeness (QED) is 0.534. The predicted molar refractivity (Wildman–Crippen MR) is 118 cm³/mol. The molecule has 0 aliphatic rings. The van der Waals surface area contributed by atoms with Crippen LogP contribution in [0.15, 0.2) is 42.5 Å². The molecule has 1 atom stereocenters. The maximum atomic E-state index is 12.2. The molecule has 0 aliphatic carbocycles. The van der Waals surface area contributed by atoms with Gasteiger partial charge in [-0.2, -0.15) is 0 Å². The fraction of sp³-hybridized carbons (Fsp3) is 0.348. The number of aryl methyl sites for hydroxylation is 2. The van der Waals surface area contributed by atoms with E-state index in [-0.39, 0.29) is 18.7 Å². The Labute approximate surface area is 182 Å². The van der Waals surface area contributed by atoms with Gasteiger partial charge in [0.05, 0.1) is 6.61 Å². The third-order valence-corrected chi connectivity index (χ3v) is 4.43. The molecule has 0 bridgehead atoms. The number of amides is 3. The molecule has 0 fully saturated rings. The fourth-order valence-electron chi connectivity index (χ4n) is 2.76. The number of hydrazine groups is 1. The van der Waals surface area contributed by atoms with Crippen molar-refractivity contribution in [1.29, 1.82) is 0 Å². The smallest absolute Gasteiger partial charge is 0.279 e. The first-order valence-corrected chi connectivity index (χ1v) is 10.1. The van der Waals surface area contributed by atoms with Crippen molar-refractivity contribution in [3.05, 3.63) is 53.6 Å². The summed E-state index contributed by atoms with van der Waals surface area (Å²) < 4.78 is 11.1. The van der Waals surface area contributed by atoms with Crippen LogP contribution in [0.3, 0.4) is 0 Å². The van der Waals surface area contributed by atoms with Gasteiger partial charge in [-0.1, -0.05) is 18.2 Å². The SMILES string of the molecule is CCOc1ccc(NC(=O)CCC(=O)NNC(=O)[C@H](C)Oc2c(C)cccc2C)cc1. The van der Waals surface area contributed by atoms with Gasteiger partial charge in [0, 0.05) is 18.5 Å². The molecule has 31 heavy (non-hydrogen) atoms. The van der Waals surface area contributed by atoms with Crippen LogP contribution in [0.4, 0.5) is 5.69 Å². The van der Waals surface area contributed by atoms with Crippen molar-refractivity contribution in [2.75, 3.05) is 11.9 Å². The minimum absolute atomic E-state index is 0.0244. The van der Waals surface area contributed by atoms with Crippen molar-refractivity contribution < 1.29 is 23.9 Å². The van der Waals surface area contributed by atoms with Crippen molar-refractivity contribution in [1.82, 2.24) is 10.9 Å². The topological polar surface area (TPSA) is 106 Å². The van der Waals surface area contributed by atoms with Crippen LogP contribution in [0.25, 0.3) is 0 Å². The Balaban J connectivity index is 1.72. The average Bonchev–Trinajstić information content (AvgIpc) is 2.74. The second-order valence-corrected chi connectivity index (χ2v) is 7.02. The van der Waals surface area contributed by atoms with E-state index in [1.165, 1.54) is 0 Å². The summed E-state index contributed by atoms with van der Waals surface area (Å²) in [4.78, 5) is 36.1. The lowest BCUT2D eigenvalue weighted by molar-refractivity contribution is -0.133. The van der Waals surface area contributed by atoms with Gasteiger partial charge in [-0.3, -0.25) is 25.2 Å². The highest BCUT2D eigenvalue weighted by Crippen LogP contribution is 2.23. The Hall–Kier alpha value is -3.55. The average molecular weight is 428 g/mol. The van der Waals surface area contributed by atoms with E-state index in [1.54, 1.807) is 31.2 Å². The van der Waals surface area contributed by atoms with Gasteiger partial charge in [0.15, 0.2) is 6.10 Å². The molecule has 166 valence electrons. The number of rotatable bonds is 9. The van der Waals surface area contributed by atoms with Gasteiger partial charge in [-0.25, -0.2) is 0 Å². The molecule has 0 aromatic heterocycles. The summed E-state index contributed by atoms with van der Waals surface area (Å²) in [5.41, 5.74) is 7.08. The minimum Gasteiger partial charge on any atom is -0.494 e. The van der Waals surface area contributed by atoms with Crippen LogP contribution >= 0.6 is 0 Å². The monoisotopic (exact) mass is 427 g/mol. The van der Waals surface area contributed by atoms with Gasteiger partial charge in [0.25, 0.3) is 5.91 Å². The third kappa shape index (κ3) is 7.65. The first-order chi connectivity index (χ1) is 14.8. The van der Waals surface area contributed by atoms with Gasteiger partial charge < -0.3 is 14.8 Å². The molecule has 2 aromatic rings. The number of ether oxygens (including phenoxy) is 2. The summed E-state index contributed by atoms with van der Waals surface area (Å²) >= 11 is 0. The zero-order chi connectivity index (χ0) is 22.8. The predicted octanol–water partition coefficient (Wildman–Crippen LogP) is 3.04. The van der Waals surface area contributed by atoms with Crippen LogP contribution in [-0.4, -0.2) is 30.4 Å².